The molecule has 0 aromatic carbocycles. The molecule has 0 saturated carbocycles. The summed E-state index contributed by atoms with van der Waals surface area (Å²) in [6.07, 6.45) is 4.16. The summed E-state index contributed by atoms with van der Waals surface area (Å²) in [6.45, 7) is 6.14. The lowest BCUT2D eigenvalue weighted by Crippen LogP contribution is -2.39. The Balaban J connectivity index is 1.53. The summed E-state index contributed by atoms with van der Waals surface area (Å²) in [5, 5.41) is 12.3. The molecule has 1 saturated heterocycles. The van der Waals surface area contributed by atoms with Gasteiger partial charge in [0.25, 0.3) is 0 Å². The zero-order valence-electron chi connectivity index (χ0n) is 15.7. The first-order chi connectivity index (χ1) is 13.6. The molecule has 1 N–H and O–H groups in total. The molecule has 4 aromatic heterocycles. The van der Waals surface area contributed by atoms with E-state index in [1.807, 2.05) is 26.1 Å². The number of fused-ring (bicyclic) bond motifs is 2. The smallest absolute Gasteiger partial charge is 0.191 e. The van der Waals surface area contributed by atoms with Gasteiger partial charge in [0.1, 0.15) is 0 Å². The predicted molar refractivity (Wildman–Crippen MR) is 101 cm³/mol. The van der Waals surface area contributed by atoms with E-state index in [9.17, 15) is 4.39 Å². The van der Waals surface area contributed by atoms with Gasteiger partial charge in [-0.1, -0.05) is 0 Å². The number of halogens is 1. The van der Waals surface area contributed by atoms with Gasteiger partial charge in [-0.05, 0) is 31.5 Å². The van der Waals surface area contributed by atoms with Gasteiger partial charge in [-0.15, -0.1) is 0 Å². The maximum absolute atomic E-state index is 14.7. The van der Waals surface area contributed by atoms with Crippen LogP contribution in [0.3, 0.4) is 0 Å². The lowest BCUT2D eigenvalue weighted by atomic mass is 10.1. The molecule has 1 aliphatic heterocycles. The molecule has 1 fully saturated rings. The van der Waals surface area contributed by atoms with E-state index in [1.54, 1.807) is 10.7 Å². The lowest BCUT2D eigenvalue weighted by Gasteiger charge is -2.22. The van der Waals surface area contributed by atoms with Crippen LogP contribution in [-0.2, 0) is 11.2 Å². The normalized spacial score (nSPS) is 17.6. The van der Waals surface area contributed by atoms with E-state index in [0.717, 1.165) is 30.0 Å². The summed E-state index contributed by atoms with van der Waals surface area (Å²) in [5.74, 6) is 0.134. The van der Waals surface area contributed by atoms with Gasteiger partial charge in [-0.3, -0.25) is 0 Å². The van der Waals surface area contributed by atoms with Crippen LogP contribution in [0.1, 0.15) is 17.1 Å². The van der Waals surface area contributed by atoms with Gasteiger partial charge in [-0.25, -0.2) is 23.4 Å². The quantitative estimate of drug-likeness (QED) is 0.582. The Bertz CT molecular complexity index is 1180. The highest BCUT2D eigenvalue weighted by Crippen LogP contribution is 2.23. The van der Waals surface area contributed by atoms with Crippen molar-refractivity contribution >= 4 is 11.3 Å². The third-order valence-electron chi connectivity index (χ3n) is 4.87. The fourth-order valence-electron chi connectivity index (χ4n) is 3.56. The van der Waals surface area contributed by atoms with Gasteiger partial charge in [-0.2, -0.15) is 10.2 Å². The van der Waals surface area contributed by atoms with E-state index in [2.05, 4.69) is 25.5 Å². The highest BCUT2D eigenvalue weighted by atomic mass is 19.1. The van der Waals surface area contributed by atoms with E-state index in [0.29, 0.717) is 30.1 Å². The number of imidazole rings is 1. The SMILES string of the molecule is Cc1cn2nc(-c3cc(F)c4nc(CC5CNCCO5)nn4c3)cc(C)c2n1. The molecule has 9 heteroatoms. The Hall–Kier alpha value is -2.91. The molecule has 28 heavy (non-hydrogen) atoms. The average Bonchev–Trinajstić information content (AvgIpc) is 3.25. The van der Waals surface area contributed by atoms with Crippen LogP contribution in [0.25, 0.3) is 22.6 Å². The molecule has 0 spiro atoms. The van der Waals surface area contributed by atoms with Gasteiger partial charge in [0.2, 0.25) is 0 Å². The number of rotatable bonds is 3. The Kier molecular flexibility index (Phi) is 4.06. The number of morpholine rings is 1. The molecule has 0 bridgehead atoms. The first-order valence-corrected chi connectivity index (χ1v) is 9.28. The van der Waals surface area contributed by atoms with E-state index < -0.39 is 5.82 Å². The number of nitrogens with one attached hydrogen (secondary N) is 1. The minimum absolute atomic E-state index is 0.00454. The monoisotopic (exact) mass is 381 g/mol. The van der Waals surface area contributed by atoms with Gasteiger partial charge >= 0.3 is 0 Å². The van der Waals surface area contributed by atoms with Crippen molar-refractivity contribution in [3.05, 3.63) is 47.4 Å². The number of hydrogen-bond donors (Lipinski definition) is 1. The topological polar surface area (TPSA) is 81.6 Å². The minimum atomic E-state index is -0.430. The van der Waals surface area contributed by atoms with Crippen molar-refractivity contribution in [3.63, 3.8) is 0 Å². The summed E-state index contributed by atoms with van der Waals surface area (Å²) in [4.78, 5) is 8.80. The fraction of sp³-hybridized carbons (Fsp3) is 0.368. The van der Waals surface area contributed by atoms with E-state index >= 15 is 0 Å². The largest absolute Gasteiger partial charge is 0.375 e. The number of pyridine rings is 1. The summed E-state index contributed by atoms with van der Waals surface area (Å²) in [5.41, 5.74) is 4.15. The second kappa shape index (κ2) is 6.61. The Morgan fingerprint density at radius 3 is 2.82 bits per heavy atom. The second-order valence-electron chi connectivity index (χ2n) is 7.14. The minimum Gasteiger partial charge on any atom is -0.375 e. The summed E-state index contributed by atoms with van der Waals surface area (Å²) < 4.78 is 23.6. The van der Waals surface area contributed by atoms with Gasteiger partial charge in [0.15, 0.2) is 22.9 Å². The summed E-state index contributed by atoms with van der Waals surface area (Å²) in [6, 6.07) is 3.35. The molecule has 0 radical (unpaired) electrons. The molecule has 1 aliphatic rings. The van der Waals surface area contributed by atoms with Crippen molar-refractivity contribution in [2.24, 2.45) is 0 Å². The molecular formula is C19H20FN7O. The molecule has 8 nitrogen and oxygen atoms in total. The van der Waals surface area contributed by atoms with Crippen LogP contribution in [0.15, 0.2) is 24.5 Å². The van der Waals surface area contributed by atoms with Crippen LogP contribution in [0, 0.1) is 19.7 Å². The predicted octanol–water partition coefficient (Wildman–Crippen LogP) is 1.73. The van der Waals surface area contributed by atoms with Crippen LogP contribution in [0.2, 0.25) is 0 Å². The van der Waals surface area contributed by atoms with E-state index in [-0.39, 0.29) is 11.8 Å². The number of nitrogens with zero attached hydrogens (tertiary/aromatic N) is 6. The zero-order valence-corrected chi connectivity index (χ0v) is 15.7. The molecule has 5 rings (SSSR count). The van der Waals surface area contributed by atoms with Crippen LogP contribution < -0.4 is 5.32 Å². The van der Waals surface area contributed by atoms with Crippen molar-refractivity contribution in [3.8, 4) is 11.3 Å². The molecule has 1 atom stereocenters. The standard InChI is InChI=1S/C19H20FN7O/c1-11-5-16(24-26-9-12(2)22-18(11)26)13-6-15(20)19-23-17(25-27(19)10-13)7-14-8-21-3-4-28-14/h5-6,9-10,14,21H,3-4,7-8H2,1-2H3. The maximum Gasteiger partial charge on any atom is 0.191 e. The third-order valence-corrected chi connectivity index (χ3v) is 4.87. The molecule has 0 aliphatic carbocycles. The molecule has 0 amide bonds. The molecular weight excluding hydrogens is 361 g/mol. The summed E-state index contributed by atoms with van der Waals surface area (Å²) in [7, 11) is 0. The van der Waals surface area contributed by atoms with Crippen molar-refractivity contribution in [2.45, 2.75) is 26.4 Å². The van der Waals surface area contributed by atoms with Gasteiger partial charge in [0, 0.05) is 31.3 Å². The van der Waals surface area contributed by atoms with Crippen LogP contribution in [0.5, 0.6) is 0 Å². The zero-order chi connectivity index (χ0) is 19.3. The number of ether oxygens (including phenoxy) is 1. The highest BCUT2D eigenvalue weighted by Gasteiger charge is 2.19. The van der Waals surface area contributed by atoms with Crippen LogP contribution >= 0.6 is 0 Å². The third kappa shape index (κ3) is 3.02. The highest BCUT2D eigenvalue weighted by molar-refractivity contribution is 5.64. The number of hydrogen-bond acceptors (Lipinski definition) is 6. The average molecular weight is 381 g/mol. The molecule has 5 heterocycles. The lowest BCUT2D eigenvalue weighted by molar-refractivity contribution is 0.0281. The molecule has 144 valence electrons. The van der Waals surface area contributed by atoms with Crippen molar-refractivity contribution in [1.29, 1.82) is 0 Å². The van der Waals surface area contributed by atoms with Crippen molar-refractivity contribution < 1.29 is 9.13 Å². The second-order valence-corrected chi connectivity index (χ2v) is 7.14. The maximum atomic E-state index is 14.7. The van der Waals surface area contributed by atoms with Crippen molar-refractivity contribution in [1.82, 2.24) is 34.5 Å². The Morgan fingerprint density at radius 1 is 1.14 bits per heavy atom. The van der Waals surface area contributed by atoms with E-state index in [4.69, 9.17) is 4.74 Å². The Morgan fingerprint density at radius 2 is 2.00 bits per heavy atom. The molecule has 4 aromatic rings. The number of aromatic nitrogens is 6. The Labute approximate surface area is 160 Å². The first-order valence-electron chi connectivity index (χ1n) is 9.28. The summed E-state index contributed by atoms with van der Waals surface area (Å²) >= 11 is 0. The van der Waals surface area contributed by atoms with Gasteiger partial charge < -0.3 is 10.1 Å². The van der Waals surface area contributed by atoms with Crippen LogP contribution in [0.4, 0.5) is 4.39 Å². The number of aryl methyl sites for hydroxylation is 2. The first kappa shape index (κ1) is 17.2. The fourth-order valence-corrected chi connectivity index (χ4v) is 3.56. The molecule has 1 unspecified atom stereocenters. The van der Waals surface area contributed by atoms with Crippen LogP contribution in [-0.4, -0.2) is 55.0 Å². The van der Waals surface area contributed by atoms with Gasteiger partial charge in [0.05, 0.1) is 30.3 Å². The van der Waals surface area contributed by atoms with Crippen molar-refractivity contribution in [2.75, 3.05) is 19.7 Å². The van der Waals surface area contributed by atoms with E-state index in [1.165, 1.54) is 10.6 Å².